The molecule has 1 aliphatic rings. The van der Waals surface area contributed by atoms with E-state index in [1.54, 1.807) is 24.3 Å². The molecule has 0 unspecified atom stereocenters. The molecule has 1 atom stereocenters. The first kappa shape index (κ1) is 28.3. The maximum Gasteiger partial charge on any atom is 0.416 e. The molecule has 0 bridgehead atoms. The summed E-state index contributed by atoms with van der Waals surface area (Å²) in [6.45, 7) is 1.13. The van der Waals surface area contributed by atoms with Crippen molar-refractivity contribution in [2.45, 2.75) is 23.9 Å². The number of hydrogen-bond donors (Lipinski definition) is 2. The fourth-order valence-electron chi connectivity index (χ4n) is 3.64. The minimum absolute atomic E-state index is 0.0557. The van der Waals surface area contributed by atoms with Crippen molar-refractivity contribution in [2.75, 3.05) is 6.54 Å². The van der Waals surface area contributed by atoms with Crippen molar-refractivity contribution in [2.24, 2.45) is 9.50 Å². The van der Waals surface area contributed by atoms with Crippen molar-refractivity contribution in [1.29, 1.82) is 0 Å². The average Bonchev–Trinajstić information content (AvgIpc) is 3.53. The van der Waals surface area contributed by atoms with Gasteiger partial charge in [0.1, 0.15) is 0 Å². The fourth-order valence-corrected chi connectivity index (χ4v) is 5.54. The van der Waals surface area contributed by atoms with Crippen LogP contribution in [-0.2, 0) is 21.0 Å². The molecule has 1 aliphatic heterocycles. The molecule has 0 saturated heterocycles. The number of carbonyl (C=O) groups is 2. The van der Waals surface area contributed by atoms with Crippen LogP contribution in [0, 0.1) is 0 Å². The highest BCUT2D eigenvalue weighted by molar-refractivity contribution is 7.90. The summed E-state index contributed by atoms with van der Waals surface area (Å²) in [5.41, 5.74) is 0.168. The van der Waals surface area contributed by atoms with Gasteiger partial charge in [-0.3, -0.25) is 15.4 Å². The van der Waals surface area contributed by atoms with E-state index in [0.717, 1.165) is 28.9 Å². The molecule has 2 heterocycles. The molecule has 39 heavy (non-hydrogen) atoms. The van der Waals surface area contributed by atoms with Gasteiger partial charge >= 0.3 is 12.2 Å². The molecule has 2 aromatic carbocycles. The normalized spacial score (nSPS) is 16.1. The number of sulfonamides is 1. The lowest BCUT2D eigenvalue weighted by Crippen LogP contribution is -2.47. The molecule has 3 amide bonds. The Kier molecular flexibility index (Phi) is 8.09. The van der Waals surface area contributed by atoms with E-state index in [2.05, 4.69) is 14.8 Å². The number of alkyl halides is 3. The Morgan fingerprint density at radius 1 is 1.08 bits per heavy atom. The van der Waals surface area contributed by atoms with Crippen LogP contribution < -0.4 is 10.6 Å². The molecule has 0 spiro atoms. The third-order valence-corrected chi connectivity index (χ3v) is 7.91. The van der Waals surface area contributed by atoms with Crippen LogP contribution in [0.2, 0.25) is 5.02 Å². The van der Waals surface area contributed by atoms with Gasteiger partial charge in [0.05, 0.1) is 28.6 Å². The van der Waals surface area contributed by atoms with E-state index in [1.165, 1.54) is 11.3 Å². The highest BCUT2D eigenvalue weighted by atomic mass is 35.5. The molecule has 2 N–H and O–H groups in total. The summed E-state index contributed by atoms with van der Waals surface area (Å²) < 4.78 is 68.6. The van der Waals surface area contributed by atoms with Gasteiger partial charge in [-0.05, 0) is 53.4 Å². The molecule has 1 aromatic heterocycles. The maximum absolute atomic E-state index is 13.1. The Morgan fingerprint density at radius 3 is 2.31 bits per heavy atom. The van der Waals surface area contributed by atoms with Crippen LogP contribution in [0.4, 0.5) is 18.0 Å². The van der Waals surface area contributed by atoms with Crippen LogP contribution in [-0.4, -0.2) is 43.6 Å². The van der Waals surface area contributed by atoms with Gasteiger partial charge in [0.15, 0.2) is 0 Å². The second-order valence-corrected chi connectivity index (χ2v) is 11.2. The molecule has 204 valence electrons. The van der Waals surface area contributed by atoms with Crippen molar-refractivity contribution in [1.82, 2.24) is 15.6 Å². The van der Waals surface area contributed by atoms with Gasteiger partial charge in [-0.2, -0.15) is 26.7 Å². The summed E-state index contributed by atoms with van der Waals surface area (Å²) in [5.74, 6) is -1.64. The quantitative estimate of drug-likeness (QED) is 0.330. The highest BCUT2D eigenvalue weighted by Crippen LogP contribution is 2.33. The molecule has 0 aliphatic carbocycles. The zero-order chi connectivity index (χ0) is 28.4. The van der Waals surface area contributed by atoms with Crippen LogP contribution in [0.25, 0.3) is 0 Å². The van der Waals surface area contributed by atoms with Crippen molar-refractivity contribution < 1.29 is 31.2 Å². The van der Waals surface area contributed by atoms with Crippen molar-refractivity contribution in [3.05, 3.63) is 87.1 Å². The number of benzene rings is 2. The van der Waals surface area contributed by atoms with Crippen molar-refractivity contribution >= 4 is 56.6 Å². The minimum atomic E-state index is -4.66. The second-order valence-electron chi connectivity index (χ2n) is 8.19. The van der Waals surface area contributed by atoms with Crippen LogP contribution in [0.1, 0.15) is 28.8 Å². The predicted molar refractivity (Wildman–Crippen MR) is 140 cm³/mol. The highest BCUT2D eigenvalue weighted by Gasteiger charge is 2.34. The van der Waals surface area contributed by atoms with E-state index in [4.69, 9.17) is 11.6 Å². The van der Waals surface area contributed by atoms with Crippen LogP contribution in [0.15, 0.2) is 80.4 Å². The number of imide groups is 1. The molecule has 9 nitrogen and oxygen atoms in total. The number of hydrazone groups is 1. The lowest BCUT2D eigenvalue weighted by molar-refractivity contribution is -0.137. The maximum atomic E-state index is 13.1. The summed E-state index contributed by atoms with van der Waals surface area (Å²) >= 11 is 7.46. The van der Waals surface area contributed by atoms with E-state index in [-0.39, 0.29) is 12.5 Å². The number of halogens is 4. The zero-order valence-corrected chi connectivity index (χ0v) is 22.3. The van der Waals surface area contributed by atoms with E-state index in [9.17, 15) is 31.2 Å². The SMILES string of the molecule is CC(=O)NC(=O)N/C(=N/S(=O)(=O)c1ccc(C(F)(F)F)cc1)N1C[C@H](c2cccs2)C(c2ccc(Cl)cc2)=N1. The number of nitrogens with zero attached hydrogens (tertiary/aromatic N) is 3. The molecule has 0 radical (unpaired) electrons. The monoisotopic (exact) mass is 597 g/mol. The molecule has 15 heteroatoms. The average molecular weight is 598 g/mol. The number of amides is 3. The van der Waals surface area contributed by atoms with Crippen molar-refractivity contribution in [3.8, 4) is 0 Å². The molecular weight excluding hydrogens is 579 g/mol. The Morgan fingerprint density at radius 2 is 1.74 bits per heavy atom. The molecule has 3 aromatic rings. The minimum Gasteiger partial charge on any atom is -0.278 e. The first-order valence-corrected chi connectivity index (χ1v) is 13.8. The topological polar surface area (TPSA) is 120 Å². The smallest absolute Gasteiger partial charge is 0.278 e. The van der Waals surface area contributed by atoms with Gasteiger partial charge in [0, 0.05) is 16.8 Å². The van der Waals surface area contributed by atoms with Crippen molar-refractivity contribution in [3.63, 3.8) is 0 Å². The number of nitrogens with one attached hydrogen (secondary N) is 2. The van der Waals surface area contributed by atoms with Crippen LogP contribution in [0.3, 0.4) is 0 Å². The summed E-state index contributed by atoms with van der Waals surface area (Å²) in [6.07, 6.45) is -4.66. The zero-order valence-electron chi connectivity index (χ0n) is 19.9. The Hall–Kier alpha value is -3.75. The molecule has 4 rings (SSSR count). The number of hydrogen-bond acceptors (Lipinski definition) is 6. The summed E-state index contributed by atoms with van der Waals surface area (Å²) in [6, 6.07) is 12.2. The van der Waals surface area contributed by atoms with Crippen LogP contribution >= 0.6 is 22.9 Å². The van der Waals surface area contributed by atoms with Gasteiger partial charge in [0.2, 0.25) is 11.9 Å². The van der Waals surface area contributed by atoms with Gasteiger partial charge in [-0.15, -0.1) is 15.7 Å². The molecular formula is C24H19ClF3N5O4S2. The van der Waals surface area contributed by atoms with Gasteiger partial charge in [-0.1, -0.05) is 29.8 Å². The Balaban J connectivity index is 1.76. The number of rotatable bonds is 4. The predicted octanol–water partition coefficient (Wildman–Crippen LogP) is 4.81. The summed E-state index contributed by atoms with van der Waals surface area (Å²) in [4.78, 5) is 24.1. The second kappa shape index (κ2) is 11.2. The van der Waals surface area contributed by atoms with Crippen LogP contribution in [0.5, 0.6) is 0 Å². The Bertz CT molecular complexity index is 1540. The summed E-state index contributed by atoms with van der Waals surface area (Å²) in [7, 11) is -4.62. The third-order valence-electron chi connectivity index (χ3n) is 5.39. The number of carbonyl (C=O) groups excluding carboxylic acids is 2. The largest absolute Gasteiger partial charge is 0.416 e. The lowest BCUT2D eigenvalue weighted by atomic mass is 9.96. The number of thiophene rings is 1. The first-order chi connectivity index (χ1) is 18.3. The third kappa shape index (κ3) is 6.82. The number of guanidine groups is 1. The lowest BCUT2D eigenvalue weighted by Gasteiger charge is -2.18. The molecule has 0 saturated carbocycles. The fraction of sp³-hybridized carbons (Fsp3) is 0.167. The first-order valence-electron chi connectivity index (χ1n) is 11.1. The van der Waals surface area contributed by atoms with E-state index < -0.39 is 44.6 Å². The van der Waals surface area contributed by atoms with Gasteiger partial charge in [-0.25, -0.2) is 9.80 Å². The van der Waals surface area contributed by atoms with E-state index in [1.807, 2.05) is 22.8 Å². The number of urea groups is 1. The van der Waals surface area contributed by atoms with Gasteiger partial charge in [0.25, 0.3) is 10.0 Å². The van der Waals surface area contributed by atoms with Gasteiger partial charge < -0.3 is 0 Å². The molecule has 0 fully saturated rings. The Labute approximate surface area is 230 Å². The summed E-state index contributed by atoms with van der Waals surface area (Å²) in [5, 5.41) is 12.2. The van der Waals surface area contributed by atoms with E-state index in [0.29, 0.717) is 28.4 Å². The standard InChI is InChI=1S/C24H19ClF3N5O4S2/c1-14(34)29-23(35)30-22(32-39(36,37)18-10-6-16(7-11-18)24(26,27)28)33-13-19(20-3-2-12-38-20)21(31-33)15-4-8-17(25)9-5-15/h2-12,19H,13H2,1H3,(H2,29,30,32,34,35)/t19-/m1/s1. The van der Waals surface area contributed by atoms with E-state index >= 15 is 0 Å².